The summed E-state index contributed by atoms with van der Waals surface area (Å²) >= 11 is 0. The van der Waals surface area contributed by atoms with Crippen molar-refractivity contribution in [3.05, 3.63) is 209 Å². The minimum atomic E-state index is -0.416. The van der Waals surface area contributed by atoms with E-state index in [2.05, 4.69) is 74.8 Å². The first-order chi connectivity index (χ1) is 29.1. The summed E-state index contributed by atoms with van der Waals surface area (Å²) < 4.78 is 5.75. The third-order valence-corrected chi connectivity index (χ3v) is 11.7. The van der Waals surface area contributed by atoms with Crippen molar-refractivity contribution in [2.75, 3.05) is 0 Å². The van der Waals surface area contributed by atoms with Crippen LogP contribution in [0.1, 0.15) is 0 Å². The Morgan fingerprint density at radius 1 is 0.373 bits per heavy atom. The molecule has 7 nitrogen and oxygen atoms in total. The minimum Gasteiger partial charge on any atom is -0.309 e. The number of nitrogens with zero attached hydrogens (tertiary/aromatic N) is 5. The lowest BCUT2D eigenvalue weighted by atomic mass is 10.0. The molecule has 12 aromatic rings. The highest BCUT2D eigenvalue weighted by Crippen LogP contribution is 2.40. The Morgan fingerprint density at radius 2 is 1.05 bits per heavy atom. The van der Waals surface area contributed by atoms with Crippen LogP contribution in [0.15, 0.2) is 198 Å². The van der Waals surface area contributed by atoms with Gasteiger partial charge in [-0.25, -0.2) is 4.57 Å². The second kappa shape index (κ2) is 12.7. The molecular formula is C52H31N5O2. The van der Waals surface area contributed by atoms with Crippen molar-refractivity contribution in [2.24, 2.45) is 0 Å². The van der Waals surface area contributed by atoms with Crippen LogP contribution in [0.3, 0.4) is 0 Å². The molecule has 0 N–H and O–H groups in total. The van der Waals surface area contributed by atoms with Crippen LogP contribution in [0.2, 0.25) is 0 Å². The standard InChI is InChI=1S/C52H31N5O2/c58-51-42-29-41-36-19-7-9-22-44(36)56(34-17-5-2-6-18-34)47(41)30-40(42)37-25-27-46-48(39-20-8-10-23-45(39)55(46)33-15-3-1-4-16-33)49(37)52(59)57(51)35-24-26-43(54-31-35)38-21-11-13-32-14-12-28-53-50(32)38/h1-31H. The third kappa shape index (κ3) is 4.82. The van der Waals surface area contributed by atoms with Gasteiger partial charge in [-0.2, -0.15) is 0 Å². The van der Waals surface area contributed by atoms with Crippen LogP contribution < -0.4 is 11.1 Å². The number of para-hydroxylation sites is 5. The maximum atomic E-state index is 15.6. The van der Waals surface area contributed by atoms with Crippen LogP contribution in [0.5, 0.6) is 0 Å². The molecule has 0 saturated heterocycles. The molecule has 5 heterocycles. The highest BCUT2D eigenvalue weighted by atomic mass is 16.2. The van der Waals surface area contributed by atoms with E-state index in [1.165, 1.54) is 4.57 Å². The zero-order valence-corrected chi connectivity index (χ0v) is 31.5. The highest BCUT2D eigenvalue weighted by Gasteiger charge is 2.22. The first-order valence-corrected chi connectivity index (χ1v) is 19.6. The summed E-state index contributed by atoms with van der Waals surface area (Å²) in [5, 5.41) is 6.93. The lowest BCUT2D eigenvalue weighted by Gasteiger charge is -2.08. The first kappa shape index (κ1) is 33.0. The van der Waals surface area contributed by atoms with Gasteiger partial charge >= 0.3 is 0 Å². The SMILES string of the molecule is O=c1c2cc3c4ccccc4n(-c4ccccc4)c3cc2c2ccc3c(c4ccccc4n3-c3ccccc3)c2c(=O)n1-c1ccc(-c2cccc3cccnc23)nc1. The van der Waals surface area contributed by atoms with E-state index in [9.17, 15) is 0 Å². The van der Waals surface area contributed by atoms with Gasteiger partial charge in [-0.1, -0.05) is 103 Å². The van der Waals surface area contributed by atoms with Gasteiger partial charge < -0.3 is 9.13 Å². The molecule has 0 fully saturated rings. The second-order valence-electron chi connectivity index (χ2n) is 14.9. The average molecular weight is 758 g/mol. The zero-order chi connectivity index (χ0) is 39.2. The fourth-order valence-electron chi connectivity index (χ4n) is 9.18. The highest BCUT2D eigenvalue weighted by molar-refractivity contribution is 6.26. The number of pyridine rings is 2. The van der Waals surface area contributed by atoms with E-state index in [1.807, 2.05) is 115 Å². The van der Waals surface area contributed by atoms with E-state index >= 15 is 9.59 Å². The Bertz CT molecular complexity index is 3810. The van der Waals surface area contributed by atoms with Crippen LogP contribution >= 0.6 is 0 Å². The van der Waals surface area contributed by atoms with Crippen LogP contribution in [-0.2, 0) is 0 Å². The molecule has 0 unspecified atom stereocenters. The molecule has 12 rings (SSSR count). The van der Waals surface area contributed by atoms with Gasteiger partial charge in [-0.3, -0.25) is 19.6 Å². The van der Waals surface area contributed by atoms with Crippen molar-refractivity contribution in [3.63, 3.8) is 0 Å². The Morgan fingerprint density at radius 3 is 1.80 bits per heavy atom. The number of hydrogen-bond acceptors (Lipinski definition) is 4. The monoisotopic (exact) mass is 757 g/mol. The van der Waals surface area contributed by atoms with Crippen molar-refractivity contribution in [1.82, 2.24) is 23.7 Å². The molecule has 0 radical (unpaired) electrons. The molecule has 7 aromatic carbocycles. The largest absolute Gasteiger partial charge is 0.309 e. The number of hydrogen-bond donors (Lipinski definition) is 0. The Hall–Kier alpha value is -8.16. The molecular weight excluding hydrogens is 727 g/mol. The third-order valence-electron chi connectivity index (χ3n) is 11.7. The summed E-state index contributed by atoms with van der Waals surface area (Å²) in [5.74, 6) is 0. The van der Waals surface area contributed by atoms with Gasteiger partial charge in [0.15, 0.2) is 0 Å². The maximum absolute atomic E-state index is 15.6. The molecule has 0 aliphatic carbocycles. The summed E-state index contributed by atoms with van der Waals surface area (Å²) in [4.78, 5) is 40.5. The first-order valence-electron chi connectivity index (χ1n) is 19.6. The molecule has 0 bridgehead atoms. The van der Waals surface area contributed by atoms with Gasteiger partial charge in [0.1, 0.15) is 0 Å². The second-order valence-corrected chi connectivity index (χ2v) is 14.9. The Labute approximate surface area is 335 Å². The van der Waals surface area contributed by atoms with Gasteiger partial charge in [-0.15, -0.1) is 0 Å². The predicted molar refractivity (Wildman–Crippen MR) is 241 cm³/mol. The summed E-state index contributed by atoms with van der Waals surface area (Å²) in [6.07, 6.45) is 3.40. The quantitative estimate of drug-likeness (QED) is 0.179. The predicted octanol–water partition coefficient (Wildman–Crippen LogP) is 11.3. The van der Waals surface area contributed by atoms with Crippen LogP contribution in [0.4, 0.5) is 0 Å². The van der Waals surface area contributed by atoms with E-state index in [0.29, 0.717) is 32.9 Å². The van der Waals surface area contributed by atoms with Gasteiger partial charge in [0.25, 0.3) is 11.1 Å². The smallest absolute Gasteiger partial charge is 0.266 e. The molecule has 7 heteroatoms. The molecule has 0 amide bonds. The normalized spacial score (nSPS) is 11.9. The fraction of sp³-hybridized carbons (Fsp3) is 0. The summed E-state index contributed by atoms with van der Waals surface area (Å²) in [6.45, 7) is 0. The topological polar surface area (TPSA) is 74.7 Å². The Balaban J connectivity index is 1.25. The molecule has 0 atom stereocenters. The molecule has 0 saturated carbocycles. The molecule has 0 aliphatic heterocycles. The lowest BCUT2D eigenvalue weighted by molar-refractivity contribution is 0.966. The van der Waals surface area contributed by atoms with E-state index in [0.717, 1.165) is 71.5 Å². The van der Waals surface area contributed by atoms with Crippen molar-refractivity contribution >= 4 is 76.1 Å². The van der Waals surface area contributed by atoms with Gasteiger partial charge in [0.05, 0.1) is 50.5 Å². The lowest BCUT2D eigenvalue weighted by Crippen LogP contribution is -2.28. The number of fused-ring (bicyclic) bond motifs is 11. The van der Waals surface area contributed by atoms with Gasteiger partial charge in [0.2, 0.25) is 0 Å². The molecule has 5 aromatic heterocycles. The summed E-state index contributed by atoms with van der Waals surface area (Å²) in [6, 6.07) is 58.6. The fourth-order valence-corrected chi connectivity index (χ4v) is 9.18. The van der Waals surface area contributed by atoms with Crippen molar-refractivity contribution in [1.29, 1.82) is 0 Å². The number of benzene rings is 7. The maximum Gasteiger partial charge on any atom is 0.266 e. The summed E-state index contributed by atoms with van der Waals surface area (Å²) in [5.41, 5.74) is 7.73. The van der Waals surface area contributed by atoms with E-state index in [1.54, 1.807) is 12.4 Å². The number of aromatic nitrogens is 5. The molecule has 0 spiro atoms. The van der Waals surface area contributed by atoms with E-state index < -0.39 is 11.1 Å². The molecule has 276 valence electrons. The van der Waals surface area contributed by atoms with E-state index in [-0.39, 0.29) is 0 Å². The summed E-state index contributed by atoms with van der Waals surface area (Å²) in [7, 11) is 0. The van der Waals surface area contributed by atoms with Crippen molar-refractivity contribution in [2.45, 2.75) is 0 Å². The van der Waals surface area contributed by atoms with Gasteiger partial charge in [0, 0.05) is 55.5 Å². The molecule has 59 heavy (non-hydrogen) atoms. The van der Waals surface area contributed by atoms with Crippen molar-refractivity contribution < 1.29 is 0 Å². The van der Waals surface area contributed by atoms with E-state index in [4.69, 9.17) is 4.98 Å². The van der Waals surface area contributed by atoms with Crippen LogP contribution in [0.25, 0.3) is 104 Å². The zero-order valence-electron chi connectivity index (χ0n) is 31.5. The average Bonchev–Trinajstić information content (AvgIpc) is 3.78. The van der Waals surface area contributed by atoms with Crippen molar-refractivity contribution in [3.8, 4) is 28.3 Å². The van der Waals surface area contributed by atoms with Crippen LogP contribution in [-0.4, -0.2) is 23.7 Å². The molecule has 0 aliphatic rings. The Kier molecular flexibility index (Phi) is 7.10. The van der Waals surface area contributed by atoms with Gasteiger partial charge in [-0.05, 0) is 83.6 Å². The minimum absolute atomic E-state index is 0.381. The number of rotatable bonds is 4. The van der Waals surface area contributed by atoms with Crippen LogP contribution in [0, 0.1) is 0 Å².